The second-order valence-electron chi connectivity index (χ2n) is 7.06. The first-order valence-corrected chi connectivity index (χ1v) is 10.7. The molecule has 1 saturated carbocycles. The van der Waals surface area contributed by atoms with Crippen molar-refractivity contribution in [2.45, 2.75) is 56.5 Å². The number of nitrogens with zero attached hydrogens (tertiary/aromatic N) is 2. The Morgan fingerprint density at radius 1 is 1.15 bits per heavy atom. The molecule has 0 saturated heterocycles. The third-order valence-electron chi connectivity index (χ3n) is 5.16. The lowest BCUT2D eigenvalue weighted by molar-refractivity contribution is 0.274. The Kier molecular flexibility index (Phi) is 5.51. The predicted octanol–water partition coefficient (Wildman–Crippen LogP) is 3.17. The van der Waals surface area contributed by atoms with Crippen LogP contribution in [0.15, 0.2) is 57.0 Å². The zero-order chi connectivity index (χ0) is 18.7. The number of nitrogens with two attached hydrogens (primary N) is 1. The first-order valence-electron chi connectivity index (χ1n) is 9.17. The van der Waals surface area contributed by atoms with Gasteiger partial charge in [0.05, 0.1) is 10.9 Å². The highest BCUT2D eigenvalue weighted by atomic mass is 32.2. The van der Waals surface area contributed by atoms with Gasteiger partial charge >= 0.3 is 0 Å². The average Bonchev–Trinajstić information content (AvgIpc) is 3.13. The Morgan fingerprint density at radius 3 is 2.46 bits per heavy atom. The van der Waals surface area contributed by atoms with Gasteiger partial charge in [0, 0.05) is 18.8 Å². The van der Waals surface area contributed by atoms with Gasteiger partial charge < -0.3 is 10.6 Å². The van der Waals surface area contributed by atoms with Gasteiger partial charge in [-0.2, -0.15) is 0 Å². The molecule has 1 aliphatic carbocycles. The molecular weight excluding hydrogens is 346 g/mol. The minimum Gasteiger partial charge on any atom is -0.384 e. The van der Waals surface area contributed by atoms with E-state index in [2.05, 4.69) is 9.89 Å². The first-order chi connectivity index (χ1) is 12.4. The molecule has 2 aliphatic rings. The van der Waals surface area contributed by atoms with E-state index in [0.717, 1.165) is 31.2 Å². The van der Waals surface area contributed by atoms with E-state index in [9.17, 15) is 8.42 Å². The Bertz CT molecular complexity index is 832. The molecule has 0 aromatic heterocycles. The van der Waals surface area contributed by atoms with Crippen LogP contribution in [0.1, 0.15) is 38.2 Å². The smallest absolute Gasteiger partial charge is 0.208 e. The van der Waals surface area contributed by atoms with E-state index in [1.165, 1.54) is 0 Å². The monoisotopic (exact) mass is 373 g/mol. The van der Waals surface area contributed by atoms with Crippen LogP contribution >= 0.6 is 0 Å². The van der Waals surface area contributed by atoms with Crippen LogP contribution in [0, 0.1) is 6.92 Å². The fourth-order valence-corrected chi connectivity index (χ4v) is 5.35. The van der Waals surface area contributed by atoms with Crippen LogP contribution in [0.3, 0.4) is 0 Å². The number of hydrogen-bond acceptors (Lipinski definition) is 5. The Morgan fingerprint density at radius 2 is 1.81 bits per heavy atom. The highest BCUT2D eigenvalue weighted by molar-refractivity contribution is 7.95. The molecule has 0 bridgehead atoms. The minimum atomic E-state index is -3.72. The van der Waals surface area contributed by atoms with Gasteiger partial charge in [0.1, 0.15) is 10.7 Å². The molecule has 26 heavy (non-hydrogen) atoms. The molecule has 0 amide bonds. The van der Waals surface area contributed by atoms with Crippen LogP contribution in [0.2, 0.25) is 0 Å². The molecule has 1 aliphatic heterocycles. The summed E-state index contributed by atoms with van der Waals surface area (Å²) in [6.45, 7) is 4.32. The number of benzene rings is 1. The van der Waals surface area contributed by atoms with E-state index >= 15 is 0 Å². The largest absolute Gasteiger partial charge is 0.384 e. The number of allylic oxidation sites excluding steroid dienone is 1. The summed E-state index contributed by atoms with van der Waals surface area (Å²) in [5.41, 5.74) is 7.52. The van der Waals surface area contributed by atoms with Gasteiger partial charge in [-0.3, -0.25) is 4.99 Å². The van der Waals surface area contributed by atoms with Gasteiger partial charge in [0.2, 0.25) is 9.84 Å². The Labute approximate surface area is 156 Å². The van der Waals surface area contributed by atoms with Crippen molar-refractivity contribution in [3.8, 4) is 0 Å². The fraction of sp³-hybridized carbons (Fsp3) is 0.450. The van der Waals surface area contributed by atoms with E-state index in [1.807, 2.05) is 31.2 Å². The van der Waals surface area contributed by atoms with E-state index in [-0.39, 0.29) is 15.8 Å². The van der Waals surface area contributed by atoms with E-state index in [1.54, 1.807) is 25.3 Å². The fourth-order valence-electron chi connectivity index (χ4n) is 3.70. The van der Waals surface area contributed by atoms with Crippen molar-refractivity contribution in [3.63, 3.8) is 0 Å². The van der Waals surface area contributed by atoms with Crippen molar-refractivity contribution >= 4 is 16.1 Å². The molecule has 0 spiro atoms. The zero-order valence-electron chi connectivity index (χ0n) is 15.4. The highest BCUT2D eigenvalue weighted by Crippen LogP contribution is 2.31. The zero-order valence-corrected chi connectivity index (χ0v) is 16.2. The third kappa shape index (κ3) is 3.70. The number of sulfone groups is 1. The second-order valence-corrected chi connectivity index (χ2v) is 8.98. The van der Waals surface area contributed by atoms with Crippen molar-refractivity contribution in [2.75, 3.05) is 6.54 Å². The lowest BCUT2D eigenvalue weighted by Gasteiger charge is -2.32. The number of hydrogen-bond donors (Lipinski definition) is 1. The summed E-state index contributed by atoms with van der Waals surface area (Å²) in [5, 5.41) is 0. The van der Waals surface area contributed by atoms with Crippen molar-refractivity contribution in [3.05, 3.63) is 52.7 Å². The third-order valence-corrected chi connectivity index (χ3v) is 7.18. The molecule has 3 rings (SSSR count). The first kappa shape index (κ1) is 18.7. The second kappa shape index (κ2) is 7.66. The molecule has 1 aromatic carbocycles. The summed E-state index contributed by atoms with van der Waals surface area (Å²) < 4.78 is 26.8. The molecule has 6 heteroatoms. The minimum absolute atomic E-state index is 0.202. The quantitative estimate of drug-likeness (QED) is 0.883. The van der Waals surface area contributed by atoms with Crippen LogP contribution in [0.5, 0.6) is 0 Å². The van der Waals surface area contributed by atoms with Gasteiger partial charge in [-0.05, 0) is 44.9 Å². The molecule has 0 radical (unpaired) electrons. The lowest BCUT2D eigenvalue weighted by atomic mass is 10.2. The van der Waals surface area contributed by atoms with Gasteiger partial charge in [-0.25, -0.2) is 8.42 Å². The lowest BCUT2D eigenvalue weighted by Crippen LogP contribution is -2.39. The van der Waals surface area contributed by atoms with Gasteiger partial charge in [0.25, 0.3) is 0 Å². The predicted molar refractivity (Wildman–Crippen MR) is 106 cm³/mol. The average molecular weight is 374 g/mol. The van der Waals surface area contributed by atoms with Gasteiger partial charge in [0.15, 0.2) is 0 Å². The molecule has 2 N–H and O–H groups in total. The molecule has 1 fully saturated rings. The number of rotatable bonds is 3. The normalized spacial score (nSPS) is 26.4. The molecular formula is C20H27N3O2S. The van der Waals surface area contributed by atoms with E-state index in [0.29, 0.717) is 12.4 Å². The van der Waals surface area contributed by atoms with Crippen LogP contribution in [0.25, 0.3) is 0 Å². The van der Waals surface area contributed by atoms with E-state index in [4.69, 9.17) is 5.73 Å². The van der Waals surface area contributed by atoms with Crippen molar-refractivity contribution in [2.24, 2.45) is 10.7 Å². The molecule has 1 heterocycles. The summed E-state index contributed by atoms with van der Waals surface area (Å²) in [6, 6.07) is 6.66. The standard InChI is InChI=1S/C20H27N3O2S/c1-15-9-11-18(12-10-15)26(24,25)19-16(2)22-13-5-6-14-23(20(19)21)17-7-3-4-8-17/h5-6,9-13,16-17H,3-4,7-8,14,21H2,1-2H3/b6-5-,20-19+,22-13?. The number of aliphatic imine (C=N–C) groups is 1. The highest BCUT2D eigenvalue weighted by Gasteiger charge is 2.33. The van der Waals surface area contributed by atoms with Crippen LogP contribution in [0.4, 0.5) is 0 Å². The summed E-state index contributed by atoms with van der Waals surface area (Å²) in [4.78, 5) is 6.91. The van der Waals surface area contributed by atoms with Crippen molar-refractivity contribution in [1.82, 2.24) is 4.90 Å². The maximum Gasteiger partial charge on any atom is 0.208 e. The molecule has 1 aromatic rings. The van der Waals surface area contributed by atoms with Gasteiger partial charge in [-0.15, -0.1) is 0 Å². The topological polar surface area (TPSA) is 75.8 Å². The Hall–Kier alpha value is -2.08. The van der Waals surface area contributed by atoms with Gasteiger partial charge in [-0.1, -0.05) is 36.6 Å². The summed E-state index contributed by atoms with van der Waals surface area (Å²) in [5.74, 6) is 0.341. The summed E-state index contributed by atoms with van der Waals surface area (Å²) in [6.07, 6.45) is 9.93. The summed E-state index contributed by atoms with van der Waals surface area (Å²) >= 11 is 0. The van der Waals surface area contributed by atoms with Crippen molar-refractivity contribution in [1.29, 1.82) is 0 Å². The van der Waals surface area contributed by atoms with E-state index < -0.39 is 15.9 Å². The number of aryl methyl sites for hydroxylation is 1. The van der Waals surface area contributed by atoms with Crippen LogP contribution in [-0.4, -0.2) is 38.2 Å². The molecule has 5 nitrogen and oxygen atoms in total. The Balaban J connectivity index is 2.12. The SMILES string of the molecule is Cc1ccc(S(=O)(=O)/C2=C(\N)N(C3CCCC3)C/C=C\C=NC2C)cc1. The van der Waals surface area contributed by atoms with Crippen LogP contribution < -0.4 is 5.73 Å². The summed E-state index contributed by atoms with van der Waals surface area (Å²) in [7, 11) is -3.72. The van der Waals surface area contributed by atoms with Crippen LogP contribution in [-0.2, 0) is 9.84 Å². The maximum atomic E-state index is 13.4. The van der Waals surface area contributed by atoms with Crippen molar-refractivity contribution < 1.29 is 8.42 Å². The molecule has 1 unspecified atom stereocenters. The molecule has 1 atom stereocenters. The molecule has 140 valence electrons. The maximum absolute atomic E-state index is 13.4.